The zero-order valence-corrected chi connectivity index (χ0v) is 13.5. The first-order chi connectivity index (χ1) is 9.67. The van der Waals surface area contributed by atoms with E-state index in [0.29, 0.717) is 23.0 Å². The van der Waals surface area contributed by atoms with E-state index >= 15 is 0 Å². The van der Waals surface area contributed by atoms with E-state index < -0.39 is 0 Å². The number of nitrogens with zero attached hydrogens (tertiary/aromatic N) is 2. The van der Waals surface area contributed by atoms with E-state index in [1.165, 1.54) is 36.8 Å². The summed E-state index contributed by atoms with van der Waals surface area (Å²) in [6, 6.07) is 0.446. The molecule has 5 heteroatoms. The number of allylic oxidation sites excluding steroid dienone is 1. The van der Waals surface area contributed by atoms with Crippen LogP contribution in [0.2, 0.25) is 0 Å². The summed E-state index contributed by atoms with van der Waals surface area (Å²) in [5, 5.41) is 7.70. The molecule has 1 saturated carbocycles. The largest absolute Gasteiger partial charge is 0.380 e. The molecule has 1 fully saturated rings. The molecule has 0 spiro atoms. The van der Waals surface area contributed by atoms with E-state index in [9.17, 15) is 4.79 Å². The summed E-state index contributed by atoms with van der Waals surface area (Å²) >= 11 is 3.40. The molecule has 0 aromatic carbocycles. The lowest BCUT2D eigenvalue weighted by molar-refractivity contribution is 0.317. The number of hydrogen-bond donors (Lipinski definition) is 1. The van der Waals surface area contributed by atoms with Crippen LogP contribution in [0.5, 0.6) is 0 Å². The Bertz CT molecular complexity index is 526. The molecule has 1 aromatic heterocycles. The average Bonchev–Trinajstić information content (AvgIpc) is 2.47. The first-order valence-corrected chi connectivity index (χ1v) is 8.09. The Morgan fingerprint density at radius 3 is 3.00 bits per heavy atom. The highest BCUT2D eigenvalue weighted by atomic mass is 79.9. The third kappa shape index (κ3) is 3.32. The van der Waals surface area contributed by atoms with E-state index in [1.807, 2.05) is 0 Å². The lowest BCUT2D eigenvalue weighted by atomic mass is 9.83. The number of rotatable bonds is 5. The summed E-state index contributed by atoms with van der Waals surface area (Å²) in [4.78, 5) is 12.1. The highest BCUT2D eigenvalue weighted by Gasteiger charge is 2.24. The van der Waals surface area contributed by atoms with E-state index in [1.54, 1.807) is 12.3 Å². The van der Waals surface area contributed by atoms with E-state index in [4.69, 9.17) is 0 Å². The maximum absolute atomic E-state index is 12.1. The molecule has 1 aliphatic rings. The van der Waals surface area contributed by atoms with Crippen LogP contribution in [0.25, 0.3) is 0 Å². The Labute approximate surface area is 128 Å². The molecule has 2 unspecified atom stereocenters. The van der Waals surface area contributed by atoms with Gasteiger partial charge in [0.2, 0.25) is 0 Å². The third-order valence-electron chi connectivity index (χ3n) is 4.06. The van der Waals surface area contributed by atoms with Gasteiger partial charge in [-0.25, -0.2) is 4.68 Å². The van der Waals surface area contributed by atoms with Crippen molar-refractivity contribution in [3.63, 3.8) is 0 Å². The Morgan fingerprint density at radius 1 is 1.55 bits per heavy atom. The zero-order chi connectivity index (χ0) is 14.5. The number of halogens is 1. The molecule has 0 bridgehead atoms. The summed E-state index contributed by atoms with van der Waals surface area (Å²) in [5.74, 6) is 0.686. The van der Waals surface area contributed by atoms with Gasteiger partial charge in [-0.15, -0.1) is 6.58 Å². The second-order valence-corrected chi connectivity index (χ2v) is 6.14. The minimum absolute atomic E-state index is 0.112. The van der Waals surface area contributed by atoms with E-state index in [0.717, 1.165) is 5.69 Å². The molecule has 1 heterocycles. The second kappa shape index (κ2) is 7.07. The first kappa shape index (κ1) is 15.3. The Hall–Kier alpha value is -1.10. The van der Waals surface area contributed by atoms with Crippen LogP contribution in [-0.4, -0.2) is 15.8 Å². The van der Waals surface area contributed by atoms with Gasteiger partial charge in [0.25, 0.3) is 5.56 Å². The Balaban J connectivity index is 2.19. The third-order valence-corrected chi connectivity index (χ3v) is 4.83. The molecule has 2 rings (SSSR count). The molecule has 0 saturated heterocycles. The number of hydrogen-bond acceptors (Lipinski definition) is 3. The van der Waals surface area contributed by atoms with Crippen LogP contribution in [0.3, 0.4) is 0 Å². The molecule has 0 radical (unpaired) electrons. The van der Waals surface area contributed by atoms with Gasteiger partial charge >= 0.3 is 0 Å². The van der Waals surface area contributed by atoms with Gasteiger partial charge in [0.1, 0.15) is 4.47 Å². The van der Waals surface area contributed by atoms with Crippen LogP contribution < -0.4 is 10.9 Å². The molecule has 0 amide bonds. The van der Waals surface area contributed by atoms with E-state index in [-0.39, 0.29) is 5.56 Å². The normalized spacial score (nSPS) is 22.5. The molecule has 1 aliphatic carbocycles. The van der Waals surface area contributed by atoms with Crippen LogP contribution in [0.4, 0.5) is 5.69 Å². The van der Waals surface area contributed by atoms with Crippen LogP contribution in [0, 0.1) is 5.92 Å². The maximum Gasteiger partial charge on any atom is 0.283 e. The molecule has 110 valence electrons. The van der Waals surface area contributed by atoms with Crippen molar-refractivity contribution in [1.82, 2.24) is 9.78 Å². The van der Waals surface area contributed by atoms with Crippen molar-refractivity contribution in [3.05, 3.63) is 33.7 Å². The summed E-state index contributed by atoms with van der Waals surface area (Å²) in [5.41, 5.74) is 0.694. The molecular formula is C15H22BrN3O. The minimum atomic E-state index is -0.112. The van der Waals surface area contributed by atoms with Crippen LogP contribution >= 0.6 is 15.9 Å². The number of anilines is 1. The van der Waals surface area contributed by atoms with Gasteiger partial charge in [0, 0.05) is 6.04 Å². The van der Waals surface area contributed by atoms with Gasteiger partial charge in [-0.05, 0) is 34.7 Å². The molecule has 1 N–H and O–H groups in total. The van der Waals surface area contributed by atoms with Gasteiger partial charge in [-0.3, -0.25) is 4.79 Å². The average molecular weight is 340 g/mol. The van der Waals surface area contributed by atoms with Crippen molar-refractivity contribution in [2.45, 2.75) is 51.6 Å². The first-order valence-electron chi connectivity index (χ1n) is 7.30. The minimum Gasteiger partial charge on any atom is -0.380 e. The van der Waals surface area contributed by atoms with Gasteiger partial charge < -0.3 is 5.32 Å². The molecule has 1 aromatic rings. The van der Waals surface area contributed by atoms with Crippen LogP contribution in [0.1, 0.15) is 39.0 Å². The van der Waals surface area contributed by atoms with E-state index in [2.05, 4.69) is 39.8 Å². The molecule has 4 nitrogen and oxygen atoms in total. The van der Waals surface area contributed by atoms with Crippen LogP contribution in [-0.2, 0) is 6.54 Å². The Morgan fingerprint density at radius 2 is 2.30 bits per heavy atom. The standard InChI is InChI=1S/C15H22BrN3O/c1-3-9-19-15(20)14(16)13(10-17-19)18-12-8-6-5-7-11(12)4-2/h3,10-12,18H,1,4-9H2,2H3. The summed E-state index contributed by atoms with van der Waals surface area (Å²) < 4.78 is 1.97. The topological polar surface area (TPSA) is 46.9 Å². The highest BCUT2D eigenvalue weighted by molar-refractivity contribution is 9.10. The van der Waals surface area contributed by atoms with Crippen molar-refractivity contribution in [1.29, 1.82) is 0 Å². The van der Waals surface area contributed by atoms with Crippen molar-refractivity contribution in [2.75, 3.05) is 5.32 Å². The predicted octanol–water partition coefficient (Wildman–Crippen LogP) is 3.57. The fourth-order valence-corrected chi connectivity index (χ4v) is 3.33. The van der Waals surface area contributed by atoms with Gasteiger partial charge in [-0.1, -0.05) is 32.3 Å². The molecule has 0 aliphatic heterocycles. The second-order valence-electron chi connectivity index (χ2n) is 5.35. The Kier molecular flexibility index (Phi) is 5.40. The van der Waals surface area contributed by atoms with Crippen LogP contribution in [0.15, 0.2) is 28.1 Å². The smallest absolute Gasteiger partial charge is 0.283 e. The maximum atomic E-state index is 12.1. The quantitative estimate of drug-likeness (QED) is 0.834. The predicted molar refractivity (Wildman–Crippen MR) is 86.1 cm³/mol. The molecular weight excluding hydrogens is 318 g/mol. The van der Waals surface area contributed by atoms with Gasteiger partial charge in [0.15, 0.2) is 0 Å². The van der Waals surface area contributed by atoms with Gasteiger partial charge in [-0.2, -0.15) is 5.10 Å². The SMILES string of the molecule is C=CCn1ncc(NC2CCCCC2CC)c(Br)c1=O. The van der Waals surface area contributed by atoms with Crippen molar-refractivity contribution in [3.8, 4) is 0 Å². The van der Waals surface area contributed by atoms with Crippen molar-refractivity contribution in [2.24, 2.45) is 5.92 Å². The van der Waals surface area contributed by atoms with Crippen molar-refractivity contribution < 1.29 is 0 Å². The number of nitrogens with one attached hydrogen (secondary N) is 1. The van der Waals surface area contributed by atoms with Crippen molar-refractivity contribution >= 4 is 21.6 Å². The molecule has 20 heavy (non-hydrogen) atoms. The fourth-order valence-electron chi connectivity index (χ4n) is 2.90. The summed E-state index contributed by atoms with van der Waals surface area (Å²) in [7, 11) is 0. The number of aromatic nitrogens is 2. The summed E-state index contributed by atoms with van der Waals surface area (Å²) in [6.45, 7) is 6.30. The lowest BCUT2D eigenvalue weighted by Crippen LogP contribution is -2.33. The van der Waals surface area contributed by atoms with Gasteiger partial charge in [0.05, 0.1) is 18.4 Å². The molecule has 2 atom stereocenters. The fraction of sp³-hybridized carbons (Fsp3) is 0.600. The summed E-state index contributed by atoms with van der Waals surface area (Å²) in [6.07, 6.45) is 9.59. The monoisotopic (exact) mass is 339 g/mol. The lowest BCUT2D eigenvalue weighted by Gasteiger charge is -2.32. The zero-order valence-electron chi connectivity index (χ0n) is 11.9. The highest BCUT2D eigenvalue weighted by Crippen LogP contribution is 2.30.